The second-order valence-corrected chi connectivity index (χ2v) is 9.40. The quantitative estimate of drug-likeness (QED) is 0.674. The molecule has 0 spiro atoms. The van der Waals surface area contributed by atoms with Gasteiger partial charge in [0.2, 0.25) is 0 Å². The number of sulfone groups is 1. The van der Waals surface area contributed by atoms with E-state index in [1.54, 1.807) is 53.5 Å². The Kier molecular flexibility index (Phi) is 5.54. The second-order valence-electron chi connectivity index (χ2n) is 7.39. The number of benzene rings is 1. The Morgan fingerprint density at radius 1 is 1.17 bits per heavy atom. The van der Waals surface area contributed by atoms with Gasteiger partial charge in [-0.3, -0.25) is 9.78 Å². The SMILES string of the molecule is CS(=O)(=O)c1ccc(-n2ccc(NC3CCCN(C(=O)c4cccnc4)C3)n2)cc1. The Hall–Kier alpha value is -3.20. The maximum absolute atomic E-state index is 12.7. The molecule has 2 aromatic heterocycles. The van der Waals surface area contributed by atoms with Crippen LogP contribution in [0, 0.1) is 0 Å². The summed E-state index contributed by atoms with van der Waals surface area (Å²) in [6.45, 7) is 1.33. The second kappa shape index (κ2) is 8.27. The molecule has 1 aliphatic rings. The fourth-order valence-electron chi connectivity index (χ4n) is 3.55. The van der Waals surface area contributed by atoms with Crippen molar-refractivity contribution >= 4 is 21.6 Å². The molecule has 1 aliphatic heterocycles. The molecule has 9 heteroatoms. The van der Waals surface area contributed by atoms with E-state index in [0.29, 0.717) is 17.9 Å². The molecule has 8 nitrogen and oxygen atoms in total. The summed E-state index contributed by atoms with van der Waals surface area (Å²) in [7, 11) is -3.23. The third kappa shape index (κ3) is 4.51. The van der Waals surface area contributed by atoms with Crippen LogP contribution in [0.15, 0.2) is 66.0 Å². The zero-order valence-electron chi connectivity index (χ0n) is 16.6. The highest BCUT2D eigenvalue weighted by Gasteiger charge is 2.25. The van der Waals surface area contributed by atoms with Gasteiger partial charge in [-0.2, -0.15) is 5.10 Å². The van der Waals surface area contributed by atoms with Crippen LogP contribution < -0.4 is 5.32 Å². The summed E-state index contributed by atoms with van der Waals surface area (Å²) >= 11 is 0. The highest BCUT2D eigenvalue weighted by Crippen LogP contribution is 2.19. The van der Waals surface area contributed by atoms with E-state index in [4.69, 9.17) is 0 Å². The summed E-state index contributed by atoms with van der Waals surface area (Å²) in [4.78, 5) is 18.8. The summed E-state index contributed by atoms with van der Waals surface area (Å²) in [5.74, 6) is 0.703. The van der Waals surface area contributed by atoms with Crippen molar-refractivity contribution in [3.8, 4) is 5.69 Å². The Morgan fingerprint density at radius 3 is 2.67 bits per heavy atom. The topological polar surface area (TPSA) is 97.2 Å². The van der Waals surface area contributed by atoms with Gasteiger partial charge in [0, 0.05) is 50.0 Å². The molecule has 156 valence electrons. The number of piperidine rings is 1. The van der Waals surface area contributed by atoms with Crippen molar-refractivity contribution < 1.29 is 13.2 Å². The van der Waals surface area contributed by atoms with Crippen molar-refractivity contribution in [2.45, 2.75) is 23.8 Å². The Morgan fingerprint density at radius 2 is 1.97 bits per heavy atom. The lowest BCUT2D eigenvalue weighted by atomic mass is 10.0. The first-order valence-corrected chi connectivity index (χ1v) is 11.6. The van der Waals surface area contributed by atoms with Gasteiger partial charge in [-0.25, -0.2) is 13.1 Å². The number of amides is 1. The fourth-order valence-corrected chi connectivity index (χ4v) is 4.18. The third-order valence-electron chi connectivity index (χ3n) is 5.09. The molecular weight excluding hydrogens is 402 g/mol. The molecule has 30 heavy (non-hydrogen) atoms. The molecule has 0 aliphatic carbocycles. The molecule has 4 rings (SSSR count). The lowest BCUT2D eigenvalue weighted by Crippen LogP contribution is -2.45. The maximum Gasteiger partial charge on any atom is 0.255 e. The first-order chi connectivity index (χ1) is 14.4. The zero-order chi connectivity index (χ0) is 21.1. The van der Waals surface area contributed by atoms with Crippen LogP contribution in [0.2, 0.25) is 0 Å². The van der Waals surface area contributed by atoms with Crippen LogP contribution in [0.5, 0.6) is 0 Å². The molecule has 0 saturated carbocycles. The molecule has 1 amide bonds. The molecule has 1 fully saturated rings. The first kappa shape index (κ1) is 20.1. The van der Waals surface area contributed by atoms with Gasteiger partial charge in [-0.1, -0.05) is 0 Å². The summed E-state index contributed by atoms with van der Waals surface area (Å²) in [6.07, 6.45) is 8.12. The fraction of sp³-hybridized carbons (Fsp3) is 0.286. The number of rotatable bonds is 5. The van der Waals surface area contributed by atoms with Crippen LogP contribution in [-0.2, 0) is 9.84 Å². The third-order valence-corrected chi connectivity index (χ3v) is 6.22. The van der Waals surface area contributed by atoms with E-state index in [2.05, 4.69) is 15.4 Å². The van der Waals surface area contributed by atoms with Gasteiger partial charge in [0.25, 0.3) is 5.91 Å². The van der Waals surface area contributed by atoms with E-state index in [1.165, 1.54) is 6.26 Å². The molecule has 1 unspecified atom stereocenters. The monoisotopic (exact) mass is 425 g/mol. The number of anilines is 1. The Bertz CT molecular complexity index is 1130. The highest BCUT2D eigenvalue weighted by molar-refractivity contribution is 7.90. The molecule has 0 bridgehead atoms. The van der Waals surface area contributed by atoms with Crippen molar-refractivity contribution in [3.63, 3.8) is 0 Å². The van der Waals surface area contributed by atoms with Crippen molar-refractivity contribution in [3.05, 3.63) is 66.6 Å². The van der Waals surface area contributed by atoms with Gasteiger partial charge in [-0.15, -0.1) is 0 Å². The van der Waals surface area contributed by atoms with Gasteiger partial charge in [0.05, 0.1) is 16.1 Å². The van der Waals surface area contributed by atoms with E-state index in [0.717, 1.165) is 25.1 Å². The van der Waals surface area contributed by atoms with Gasteiger partial charge < -0.3 is 10.2 Å². The van der Waals surface area contributed by atoms with E-state index in [-0.39, 0.29) is 16.8 Å². The average Bonchev–Trinajstić information content (AvgIpc) is 3.22. The Labute approximate surface area is 175 Å². The molecule has 1 aromatic carbocycles. The minimum atomic E-state index is -3.23. The van der Waals surface area contributed by atoms with Gasteiger partial charge >= 0.3 is 0 Å². The molecule has 1 N–H and O–H groups in total. The normalized spacial score (nSPS) is 17.0. The average molecular weight is 426 g/mol. The van der Waals surface area contributed by atoms with Gasteiger partial charge in [-0.05, 0) is 49.2 Å². The first-order valence-electron chi connectivity index (χ1n) is 9.72. The van der Waals surface area contributed by atoms with Gasteiger partial charge in [0.15, 0.2) is 9.84 Å². The number of aromatic nitrogens is 3. The summed E-state index contributed by atoms with van der Waals surface area (Å²) < 4.78 is 24.9. The number of hydrogen-bond acceptors (Lipinski definition) is 6. The molecule has 3 heterocycles. The Balaban J connectivity index is 1.41. The van der Waals surface area contributed by atoms with Crippen molar-refractivity contribution in [2.75, 3.05) is 24.7 Å². The van der Waals surface area contributed by atoms with E-state index < -0.39 is 9.84 Å². The number of nitrogens with zero attached hydrogens (tertiary/aromatic N) is 4. The zero-order valence-corrected chi connectivity index (χ0v) is 17.4. The molecule has 1 atom stereocenters. The lowest BCUT2D eigenvalue weighted by molar-refractivity contribution is 0.0714. The van der Waals surface area contributed by atoms with E-state index >= 15 is 0 Å². The lowest BCUT2D eigenvalue weighted by Gasteiger charge is -2.33. The largest absolute Gasteiger partial charge is 0.364 e. The van der Waals surface area contributed by atoms with Crippen LogP contribution in [-0.4, -0.2) is 59.4 Å². The number of carbonyl (C=O) groups excluding carboxylic acids is 1. The molecule has 1 saturated heterocycles. The summed E-state index contributed by atoms with van der Waals surface area (Å²) in [5, 5.41) is 7.94. The summed E-state index contributed by atoms with van der Waals surface area (Å²) in [5.41, 5.74) is 1.37. The number of carbonyl (C=O) groups is 1. The predicted octanol–water partition coefficient (Wildman–Crippen LogP) is 2.39. The molecule has 3 aromatic rings. The van der Waals surface area contributed by atoms with E-state index in [9.17, 15) is 13.2 Å². The van der Waals surface area contributed by atoms with Gasteiger partial charge in [0.1, 0.15) is 5.82 Å². The standard InChI is InChI=1S/C21H23N5O3S/c1-30(28,29)19-8-6-18(7-9-19)26-13-10-20(24-26)23-17-5-3-12-25(15-17)21(27)16-4-2-11-22-14-16/h2,4,6-11,13-14,17H,3,5,12,15H2,1H3,(H,23,24). The van der Waals surface area contributed by atoms with Crippen LogP contribution in [0.4, 0.5) is 5.82 Å². The minimum Gasteiger partial charge on any atom is -0.364 e. The summed E-state index contributed by atoms with van der Waals surface area (Å²) in [6, 6.07) is 12.1. The molecular formula is C21H23N5O3S. The van der Waals surface area contributed by atoms with Crippen LogP contribution in [0.3, 0.4) is 0 Å². The van der Waals surface area contributed by atoms with Crippen molar-refractivity contribution in [1.82, 2.24) is 19.7 Å². The number of pyridine rings is 1. The smallest absolute Gasteiger partial charge is 0.255 e. The van der Waals surface area contributed by atoms with Crippen LogP contribution >= 0.6 is 0 Å². The number of hydrogen-bond donors (Lipinski definition) is 1. The maximum atomic E-state index is 12.7. The predicted molar refractivity (Wildman–Crippen MR) is 113 cm³/mol. The van der Waals surface area contributed by atoms with Crippen molar-refractivity contribution in [2.24, 2.45) is 0 Å². The molecule has 0 radical (unpaired) electrons. The van der Waals surface area contributed by atoms with Crippen LogP contribution in [0.1, 0.15) is 23.2 Å². The highest BCUT2D eigenvalue weighted by atomic mass is 32.2. The number of likely N-dealkylation sites (tertiary alicyclic amines) is 1. The van der Waals surface area contributed by atoms with Crippen molar-refractivity contribution in [1.29, 1.82) is 0 Å². The van der Waals surface area contributed by atoms with E-state index in [1.807, 2.05) is 17.2 Å². The minimum absolute atomic E-state index is 0.00824. The van der Waals surface area contributed by atoms with Crippen LogP contribution in [0.25, 0.3) is 5.69 Å². The number of nitrogens with one attached hydrogen (secondary N) is 1.